The minimum Gasteiger partial charge on any atom is -0.118 e. The topological polar surface area (TPSA) is 0 Å². The summed E-state index contributed by atoms with van der Waals surface area (Å²) < 4.78 is 0. The van der Waals surface area contributed by atoms with Crippen LogP contribution in [0.5, 0.6) is 0 Å². The van der Waals surface area contributed by atoms with Gasteiger partial charge in [-0.15, -0.1) is 11.6 Å². The normalized spacial score (nSPS) is 14.7. The Balaban J connectivity index is 3.62. The summed E-state index contributed by atoms with van der Waals surface area (Å²) in [5.41, 5.74) is 2.47. The van der Waals surface area contributed by atoms with Gasteiger partial charge in [-0.05, 0) is 33.6 Å². The Kier molecular flexibility index (Phi) is 5.31. The van der Waals surface area contributed by atoms with Crippen LogP contribution in [0.25, 0.3) is 0 Å². The van der Waals surface area contributed by atoms with E-state index < -0.39 is 0 Å². The predicted molar refractivity (Wildman–Crippen MR) is 53.1 cm³/mol. The summed E-state index contributed by atoms with van der Waals surface area (Å²) in [5.74, 6) is 0. The number of hydrogen-bond donors (Lipinski definition) is 0. The molecule has 0 amide bonds. The number of allylic oxidation sites excluding steroid dienone is 3. The van der Waals surface area contributed by atoms with Gasteiger partial charge in [0.2, 0.25) is 0 Å². The summed E-state index contributed by atoms with van der Waals surface area (Å²) in [5, 5.41) is 0.143. The molecule has 1 heteroatoms. The fraction of sp³-hybridized carbons (Fsp3) is 0.600. The third kappa shape index (κ3) is 5.09. The smallest absolute Gasteiger partial charge is 0.0543 e. The van der Waals surface area contributed by atoms with Gasteiger partial charge >= 0.3 is 0 Å². The fourth-order valence-corrected chi connectivity index (χ4v) is 0.854. The van der Waals surface area contributed by atoms with Crippen molar-refractivity contribution in [1.29, 1.82) is 0 Å². The highest BCUT2D eigenvalue weighted by Crippen LogP contribution is 2.16. The van der Waals surface area contributed by atoms with E-state index in [4.69, 9.17) is 11.6 Å². The molecule has 0 rings (SSSR count). The maximum absolute atomic E-state index is 5.99. The van der Waals surface area contributed by atoms with Crippen molar-refractivity contribution in [2.75, 3.05) is 0 Å². The lowest BCUT2D eigenvalue weighted by molar-refractivity contribution is 0.811. The van der Waals surface area contributed by atoms with Crippen molar-refractivity contribution in [3.8, 4) is 0 Å². The number of halogens is 1. The molecule has 0 aliphatic heterocycles. The SMILES string of the molecule is C=C(C)C(Cl)CC/C(C)=C/C. The standard InChI is InChI=1S/C10H17Cl/c1-5-9(4)6-7-10(11)8(2)3/h5,10H,2,6-7H2,1,3-4H3/b9-5+. The third-order valence-corrected chi connectivity index (χ3v) is 2.41. The molecule has 64 valence electrons. The minimum absolute atomic E-state index is 0.143. The first-order valence-electron chi connectivity index (χ1n) is 3.99. The van der Waals surface area contributed by atoms with Gasteiger partial charge in [-0.1, -0.05) is 23.8 Å². The van der Waals surface area contributed by atoms with Crippen LogP contribution in [0, 0.1) is 0 Å². The lowest BCUT2D eigenvalue weighted by Gasteiger charge is -2.07. The molecule has 0 nitrogen and oxygen atoms in total. The Labute approximate surface area is 74.9 Å². The summed E-state index contributed by atoms with van der Waals surface area (Å²) in [4.78, 5) is 0. The predicted octanol–water partition coefficient (Wildman–Crippen LogP) is 3.92. The Morgan fingerprint density at radius 3 is 2.45 bits per heavy atom. The molecule has 0 bridgehead atoms. The van der Waals surface area contributed by atoms with Gasteiger partial charge in [-0.2, -0.15) is 0 Å². The molecule has 0 aromatic carbocycles. The molecule has 0 aromatic heterocycles. The Bertz CT molecular complexity index is 156. The van der Waals surface area contributed by atoms with E-state index in [9.17, 15) is 0 Å². The van der Waals surface area contributed by atoms with Crippen LogP contribution in [0.15, 0.2) is 23.8 Å². The van der Waals surface area contributed by atoms with E-state index in [1.54, 1.807) is 0 Å². The van der Waals surface area contributed by atoms with E-state index in [-0.39, 0.29) is 5.38 Å². The van der Waals surface area contributed by atoms with Crippen molar-refractivity contribution < 1.29 is 0 Å². The highest BCUT2D eigenvalue weighted by molar-refractivity contribution is 6.22. The molecule has 11 heavy (non-hydrogen) atoms. The van der Waals surface area contributed by atoms with Gasteiger partial charge in [0.1, 0.15) is 0 Å². The second kappa shape index (κ2) is 5.42. The van der Waals surface area contributed by atoms with E-state index in [2.05, 4.69) is 26.5 Å². The van der Waals surface area contributed by atoms with Crippen molar-refractivity contribution in [1.82, 2.24) is 0 Å². The molecule has 0 spiro atoms. The monoisotopic (exact) mass is 172 g/mol. The lowest BCUT2D eigenvalue weighted by Crippen LogP contribution is -1.98. The quantitative estimate of drug-likeness (QED) is 0.446. The van der Waals surface area contributed by atoms with Gasteiger partial charge in [-0.3, -0.25) is 0 Å². The van der Waals surface area contributed by atoms with Gasteiger partial charge < -0.3 is 0 Å². The number of alkyl halides is 1. The van der Waals surface area contributed by atoms with Crippen molar-refractivity contribution >= 4 is 11.6 Å². The largest absolute Gasteiger partial charge is 0.118 e. The molecule has 0 saturated heterocycles. The van der Waals surface area contributed by atoms with E-state index in [1.165, 1.54) is 5.57 Å². The van der Waals surface area contributed by atoms with Crippen molar-refractivity contribution in [2.45, 2.75) is 39.0 Å². The third-order valence-electron chi connectivity index (χ3n) is 1.82. The van der Waals surface area contributed by atoms with Crippen molar-refractivity contribution in [3.63, 3.8) is 0 Å². The van der Waals surface area contributed by atoms with Crippen LogP contribution in [-0.4, -0.2) is 5.38 Å². The summed E-state index contributed by atoms with van der Waals surface area (Å²) in [7, 11) is 0. The molecular formula is C10H17Cl. The molecule has 0 radical (unpaired) electrons. The van der Waals surface area contributed by atoms with Crippen LogP contribution >= 0.6 is 11.6 Å². The highest BCUT2D eigenvalue weighted by atomic mass is 35.5. The fourth-order valence-electron chi connectivity index (χ4n) is 0.745. The van der Waals surface area contributed by atoms with Gasteiger partial charge in [0, 0.05) is 0 Å². The number of rotatable bonds is 4. The van der Waals surface area contributed by atoms with Crippen LogP contribution in [0.2, 0.25) is 0 Å². The summed E-state index contributed by atoms with van der Waals surface area (Å²) in [6.07, 6.45) is 4.21. The van der Waals surface area contributed by atoms with Crippen LogP contribution < -0.4 is 0 Å². The molecule has 0 heterocycles. The number of hydrogen-bond acceptors (Lipinski definition) is 0. The minimum atomic E-state index is 0.143. The van der Waals surface area contributed by atoms with E-state index >= 15 is 0 Å². The summed E-state index contributed by atoms with van der Waals surface area (Å²) in [6, 6.07) is 0. The first kappa shape index (κ1) is 10.8. The molecule has 0 aliphatic carbocycles. The zero-order chi connectivity index (χ0) is 8.85. The van der Waals surface area contributed by atoms with Gasteiger partial charge in [-0.25, -0.2) is 0 Å². The van der Waals surface area contributed by atoms with Gasteiger partial charge in [0.15, 0.2) is 0 Å². The van der Waals surface area contributed by atoms with Crippen LogP contribution in [0.3, 0.4) is 0 Å². The van der Waals surface area contributed by atoms with Gasteiger partial charge in [0.05, 0.1) is 5.38 Å². The highest BCUT2D eigenvalue weighted by Gasteiger charge is 2.03. The second-order valence-corrected chi connectivity index (χ2v) is 3.51. The zero-order valence-corrected chi connectivity index (χ0v) is 8.41. The van der Waals surface area contributed by atoms with E-state index in [1.807, 2.05) is 6.92 Å². The van der Waals surface area contributed by atoms with E-state index in [0.717, 1.165) is 18.4 Å². The Morgan fingerprint density at radius 1 is 1.55 bits per heavy atom. The van der Waals surface area contributed by atoms with Crippen LogP contribution in [-0.2, 0) is 0 Å². The molecule has 0 aromatic rings. The molecule has 0 saturated carbocycles. The molecule has 1 unspecified atom stereocenters. The average Bonchev–Trinajstić information content (AvgIpc) is 1.99. The lowest BCUT2D eigenvalue weighted by atomic mass is 10.1. The Morgan fingerprint density at radius 2 is 2.09 bits per heavy atom. The molecule has 0 fully saturated rings. The first-order valence-corrected chi connectivity index (χ1v) is 4.42. The van der Waals surface area contributed by atoms with Crippen LogP contribution in [0.1, 0.15) is 33.6 Å². The zero-order valence-electron chi connectivity index (χ0n) is 7.65. The summed E-state index contributed by atoms with van der Waals surface area (Å²) in [6.45, 7) is 9.96. The molecular weight excluding hydrogens is 156 g/mol. The molecule has 0 N–H and O–H groups in total. The van der Waals surface area contributed by atoms with Crippen molar-refractivity contribution in [3.05, 3.63) is 23.8 Å². The second-order valence-electron chi connectivity index (χ2n) is 2.99. The maximum atomic E-state index is 5.99. The average molecular weight is 173 g/mol. The Hall–Kier alpha value is -0.230. The summed E-state index contributed by atoms with van der Waals surface area (Å²) >= 11 is 5.99. The molecule has 0 aliphatic rings. The van der Waals surface area contributed by atoms with E-state index in [0.29, 0.717) is 0 Å². The maximum Gasteiger partial charge on any atom is 0.0543 e. The molecule has 1 atom stereocenters. The van der Waals surface area contributed by atoms with Crippen LogP contribution in [0.4, 0.5) is 0 Å². The van der Waals surface area contributed by atoms with Crippen molar-refractivity contribution in [2.24, 2.45) is 0 Å². The first-order chi connectivity index (χ1) is 5.07. The van der Waals surface area contributed by atoms with Gasteiger partial charge in [0.25, 0.3) is 0 Å².